The normalized spacial score (nSPS) is 16.8. The van der Waals surface area contributed by atoms with Gasteiger partial charge in [-0.3, -0.25) is 4.79 Å². The van der Waals surface area contributed by atoms with Gasteiger partial charge in [0, 0.05) is 0 Å². The Balaban J connectivity index is 4.09. The molecular formula is C5H11NO3. The molecule has 0 spiro atoms. The average Bonchev–Trinajstić information content (AvgIpc) is 1.86. The predicted molar refractivity (Wildman–Crippen MR) is 31.9 cm³/mol. The maximum atomic E-state index is 10.2. The second-order valence-corrected chi connectivity index (χ2v) is 1.97. The molecule has 0 aromatic carbocycles. The highest BCUT2D eigenvalue weighted by molar-refractivity contribution is 5.78. The summed E-state index contributed by atoms with van der Waals surface area (Å²) >= 11 is 0. The summed E-state index contributed by atoms with van der Waals surface area (Å²) in [6, 6.07) is 0. The van der Waals surface area contributed by atoms with Crippen LogP contribution < -0.4 is 5.73 Å². The minimum atomic E-state index is -1.44. The van der Waals surface area contributed by atoms with Crippen molar-refractivity contribution >= 4 is 5.97 Å². The third kappa shape index (κ3) is 1.65. The van der Waals surface area contributed by atoms with Crippen LogP contribution in [0.4, 0.5) is 0 Å². The zero-order chi connectivity index (χ0) is 7.49. The van der Waals surface area contributed by atoms with Crippen molar-refractivity contribution in [1.82, 2.24) is 0 Å². The molecule has 0 bridgehead atoms. The topological polar surface area (TPSA) is 83.5 Å². The largest absolute Gasteiger partial charge is 0.480 e. The summed E-state index contributed by atoms with van der Waals surface area (Å²) < 4.78 is 0. The lowest BCUT2D eigenvalue weighted by Gasteiger charge is -2.18. The van der Waals surface area contributed by atoms with Gasteiger partial charge in [0.2, 0.25) is 0 Å². The van der Waals surface area contributed by atoms with Crippen molar-refractivity contribution in [1.29, 1.82) is 0 Å². The van der Waals surface area contributed by atoms with Crippen LogP contribution in [-0.2, 0) is 4.79 Å². The molecule has 4 N–H and O–H groups in total. The summed E-state index contributed by atoms with van der Waals surface area (Å²) in [6.45, 7) is 1.10. The van der Waals surface area contributed by atoms with Gasteiger partial charge in [0.15, 0.2) is 0 Å². The van der Waals surface area contributed by atoms with Crippen molar-refractivity contribution in [2.24, 2.45) is 5.73 Å². The maximum Gasteiger partial charge on any atom is 0.326 e. The monoisotopic (exact) mass is 133 g/mol. The lowest BCUT2D eigenvalue weighted by molar-refractivity contribution is -0.145. The summed E-state index contributed by atoms with van der Waals surface area (Å²) in [7, 11) is 0. The van der Waals surface area contributed by atoms with Crippen LogP contribution in [0.3, 0.4) is 0 Å². The molecule has 0 saturated carbocycles. The molecule has 1 atom stereocenters. The third-order valence-electron chi connectivity index (χ3n) is 1.34. The quantitative estimate of drug-likeness (QED) is 0.469. The van der Waals surface area contributed by atoms with E-state index in [-0.39, 0.29) is 6.42 Å². The van der Waals surface area contributed by atoms with E-state index in [2.05, 4.69) is 0 Å². The molecule has 4 nitrogen and oxygen atoms in total. The van der Waals surface area contributed by atoms with Gasteiger partial charge in [0.1, 0.15) is 5.54 Å². The highest BCUT2D eigenvalue weighted by Gasteiger charge is 2.30. The van der Waals surface area contributed by atoms with Crippen LogP contribution in [0.5, 0.6) is 0 Å². The lowest BCUT2D eigenvalue weighted by atomic mass is 10.00. The van der Waals surface area contributed by atoms with E-state index in [1.54, 1.807) is 6.92 Å². The van der Waals surface area contributed by atoms with Gasteiger partial charge in [-0.05, 0) is 6.42 Å². The van der Waals surface area contributed by atoms with Crippen LogP contribution in [0.2, 0.25) is 0 Å². The Bertz CT molecular complexity index is 109. The fourth-order valence-electron chi connectivity index (χ4n) is 0.331. The molecule has 0 aliphatic rings. The SMILES string of the molecule is CCC(N)(CO)C(=O)O. The fourth-order valence-corrected chi connectivity index (χ4v) is 0.331. The van der Waals surface area contributed by atoms with Crippen LogP contribution in [-0.4, -0.2) is 28.3 Å². The van der Waals surface area contributed by atoms with Gasteiger partial charge < -0.3 is 15.9 Å². The van der Waals surface area contributed by atoms with E-state index in [9.17, 15) is 4.79 Å². The molecule has 0 amide bonds. The Morgan fingerprint density at radius 3 is 2.22 bits per heavy atom. The number of aliphatic hydroxyl groups is 1. The summed E-state index contributed by atoms with van der Waals surface area (Å²) in [5.74, 6) is -1.16. The van der Waals surface area contributed by atoms with Crippen molar-refractivity contribution in [3.05, 3.63) is 0 Å². The van der Waals surface area contributed by atoms with E-state index in [0.717, 1.165) is 0 Å². The highest BCUT2D eigenvalue weighted by Crippen LogP contribution is 2.03. The molecule has 4 heteroatoms. The second kappa shape index (κ2) is 2.80. The van der Waals surface area contributed by atoms with Crippen molar-refractivity contribution in [3.63, 3.8) is 0 Å². The first-order valence-corrected chi connectivity index (χ1v) is 2.70. The number of carbonyl (C=O) groups is 1. The first-order chi connectivity index (χ1) is 4.06. The van der Waals surface area contributed by atoms with Crippen molar-refractivity contribution < 1.29 is 15.0 Å². The standard InChI is InChI=1S/C5H11NO3/c1-2-5(6,3-7)4(8)9/h7H,2-3,6H2,1H3,(H,8,9). The Hall–Kier alpha value is -0.610. The number of hydrogen-bond donors (Lipinski definition) is 3. The van der Waals surface area contributed by atoms with E-state index in [0.29, 0.717) is 0 Å². The average molecular weight is 133 g/mol. The number of rotatable bonds is 3. The van der Waals surface area contributed by atoms with Gasteiger partial charge in [-0.15, -0.1) is 0 Å². The van der Waals surface area contributed by atoms with Crippen molar-refractivity contribution in [2.75, 3.05) is 6.61 Å². The van der Waals surface area contributed by atoms with Gasteiger partial charge in [0.25, 0.3) is 0 Å². The number of carboxylic acids is 1. The summed E-state index contributed by atoms with van der Waals surface area (Å²) in [6.07, 6.45) is 0.235. The van der Waals surface area contributed by atoms with Crippen LogP contribution in [0.15, 0.2) is 0 Å². The molecule has 0 saturated heterocycles. The highest BCUT2D eigenvalue weighted by atomic mass is 16.4. The number of nitrogens with two attached hydrogens (primary N) is 1. The number of aliphatic hydroxyl groups excluding tert-OH is 1. The minimum absolute atomic E-state index is 0.235. The van der Waals surface area contributed by atoms with Crippen molar-refractivity contribution in [3.8, 4) is 0 Å². The predicted octanol–water partition coefficient (Wildman–Crippen LogP) is -0.829. The maximum absolute atomic E-state index is 10.2. The fraction of sp³-hybridized carbons (Fsp3) is 0.800. The van der Waals surface area contributed by atoms with Gasteiger partial charge >= 0.3 is 5.97 Å². The van der Waals surface area contributed by atoms with Crippen LogP contribution >= 0.6 is 0 Å². The Morgan fingerprint density at radius 1 is 1.78 bits per heavy atom. The zero-order valence-electron chi connectivity index (χ0n) is 5.29. The molecule has 0 rings (SSSR count). The molecule has 0 aromatic heterocycles. The van der Waals surface area contributed by atoms with Crippen LogP contribution in [0.25, 0.3) is 0 Å². The zero-order valence-corrected chi connectivity index (χ0v) is 5.29. The smallest absolute Gasteiger partial charge is 0.326 e. The number of hydrogen-bond acceptors (Lipinski definition) is 3. The first kappa shape index (κ1) is 8.39. The molecule has 0 aliphatic carbocycles. The van der Waals surface area contributed by atoms with E-state index < -0.39 is 18.1 Å². The van der Waals surface area contributed by atoms with Crippen molar-refractivity contribution in [2.45, 2.75) is 18.9 Å². The molecular weight excluding hydrogens is 122 g/mol. The summed E-state index contributed by atoms with van der Waals surface area (Å²) in [5, 5.41) is 16.8. The summed E-state index contributed by atoms with van der Waals surface area (Å²) in [5.41, 5.74) is 3.75. The third-order valence-corrected chi connectivity index (χ3v) is 1.34. The summed E-state index contributed by atoms with van der Waals surface area (Å²) in [4.78, 5) is 10.2. The molecule has 54 valence electrons. The Labute approximate surface area is 53.3 Å². The Morgan fingerprint density at radius 2 is 2.22 bits per heavy atom. The second-order valence-electron chi connectivity index (χ2n) is 1.97. The van der Waals surface area contributed by atoms with Gasteiger partial charge in [-0.1, -0.05) is 6.92 Å². The van der Waals surface area contributed by atoms with Crippen LogP contribution in [0.1, 0.15) is 13.3 Å². The molecule has 9 heavy (non-hydrogen) atoms. The van der Waals surface area contributed by atoms with E-state index in [4.69, 9.17) is 15.9 Å². The van der Waals surface area contributed by atoms with Crippen LogP contribution in [0, 0.1) is 0 Å². The molecule has 0 aliphatic heterocycles. The molecule has 0 aromatic rings. The Kier molecular flexibility index (Phi) is 2.61. The molecule has 1 unspecified atom stereocenters. The molecule has 0 heterocycles. The molecule has 0 radical (unpaired) electrons. The minimum Gasteiger partial charge on any atom is -0.480 e. The number of aliphatic carboxylic acids is 1. The number of carboxylic acid groups (broad SMARTS) is 1. The molecule has 0 fully saturated rings. The first-order valence-electron chi connectivity index (χ1n) is 2.70. The van der Waals surface area contributed by atoms with Gasteiger partial charge in [0.05, 0.1) is 6.61 Å². The van der Waals surface area contributed by atoms with E-state index in [1.165, 1.54) is 0 Å². The lowest BCUT2D eigenvalue weighted by Crippen LogP contribution is -2.50. The van der Waals surface area contributed by atoms with Gasteiger partial charge in [-0.25, -0.2) is 0 Å². The van der Waals surface area contributed by atoms with E-state index in [1.807, 2.05) is 0 Å². The van der Waals surface area contributed by atoms with Gasteiger partial charge in [-0.2, -0.15) is 0 Å². The van der Waals surface area contributed by atoms with E-state index >= 15 is 0 Å².